The Labute approximate surface area is 161 Å². The summed E-state index contributed by atoms with van der Waals surface area (Å²) >= 11 is 0. The maximum atomic E-state index is 12.7. The molecule has 0 aliphatic heterocycles. The van der Waals surface area contributed by atoms with Gasteiger partial charge in [0, 0.05) is 24.2 Å². The number of carbonyl (C=O) groups is 3. The minimum absolute atomic E-state index is 0.174. The topological polar surface area (TPSA) is 101 Å². The largest absolute Gasteiger partial charge is 0.481 e. The third-order valence-corrected chi connectivity index (χ3v) is 4.49. The molecule has 0 saturated carbocycles. The van der Waals surface area contributed by atoms with Crippen LogP contribution in [0.5, 0.6) is 0 Å². The van der Waals surface area contributed by atoms with Crippen LogP contribution in [0.15, 0.2) is 24.3 Å². The second-order valence-electron chi connectivity index (χ2n) is 6.84. The van der Waals surface area contributed by atoms with Crippen molar-refractivity contribution >= 4 is 23.5 Å². The first-order valence-electron chi connectivity index (χ1n) is 9.87. The normalized spacial score (nSPS) is 10.6. The van der Waals surface area contributed by atoms with Crippen LogP contribution in [0.25, 0.3) is 0 Å². The van der Waals surface area contributed by atoms with E-state index >= 15 is 0 Å². The highest BCUT2D eigenvalue weighted by Crippen LogP contribution is 2.13. The Morgan fingerprint density at radius 1 is 0.889 bits per heavy atom. The molecular weight excluding hydrogens is 344 g/mol. The van der Waals surface area contributed by atoms with Crippen LogP contribution in [-0.4, -0.2) is 34.3 Å². The molecule has 0 saturated heterocycles. The number of hydrogen-bond donors (Lipinski definition) is 2. The zero-order valence-corrected chi connectivity index (χ0v) is 16.3. The number of rotatable bonds is 13. The zero-order chi connectivity index (χ0) is 20.1. The molecular formula is C21H32N2O4. The molecule has 1 aromatic rings. The summed E-state index contributed by atoms with van der Waals surface area (Å²) in [4.78, 5) is 37.0. The molecule has 0 aliphatic rings. The number of nitrogens with two attached hydrogens (primary N) is 1. The third-order valence-electron chi connectivity index (χ3n) is 4.49. The second kappa shape index (κ2) is 12.9. The van der Waals surface area contributed by atoms with E-state index in [1.54, 1.807) is 24.3 Å². The number of aliphatic carboxylic acids is 1. The molecule has 150 valence electrons. The fraction of sp³-hybridized carbons (Fsp3) is 0.571. The van der Waals surface area contributed by atoms with Gasteiger partial charge < -0.3 is 10.8 Å². The fourth-order valence-electron chi connectivity index (χ4n) is 2.87. The lowest BCUT2D eigenvalue weighted by molar-refractivity contribution is -0.140. The van der Waals surface area contributed by atoms with Crippen molar-refractivity contribution in [1.29, 1.82) is 0 Å². The lowest BCUT2D eigenvalue weighted by Crippen LogP contribution is -2.38. The maximum Gasteiger partial charge on any atom is 0.303 e. The molecule has 0 fully saturated rings. The van der Waals surface area contributed by atoms with E-state index in [-0.39, 0.29) is 12.8 Å². The van der Waals surface area contributed by atoms with Crippen molar-refractivity contribution < 1.29 is 19.5 Å². The molecule has 6 heteroatoms. The molecule has 0 aliphatic carbocycles. The number of carboxylic acids is 1. The number of amides is 2. The van der Waals surface area contributed by atoms with Gasteiger partial charge in [-0.15, -0.1) is 0 Å². The first kappa shape index (κ1) is 22.7. The van der Waals surface area contributed by atoms with Crippen molar-refractivity contribution in [3.05, 3.63) is 29.8 Å². The van der Waals surface area contributed by atoms with Crippen LogP contribution in [0, 0.1) is 0 Å². The Balaban J connectivity index is 2.57. The minimum Gasteiger partial charge on any atom is -0.481 e. The summed E-state index contributed by atoms with van der Waals surface area (Å²) in [5.41, 5.74) is 6.57. The van der Waals surface area contributed by atoms with Crippen molar-refractivity contribution in [1.82, 2.24) is 4.90 Å². The summed E-state index contributed by atoms with van der Waals surface area (Å²) in [6.45, 7) is 2.50. The number of unbranched alkanes of at least 4 members (excludes halogenated alkanes) is 7. The molecule has 0 radical (unpaired) electrons. The van der Waals surface area contributed by atoms with Gasteiger partial charge in [-0.3, -0.25) is 19.3 Å². The highest BCUT2D eigenvalue weighted by Gasteiger charge is 2.22. The summed E-state index contributed by atoms with van der Waals surface area (Å²) in [5.74, 6) is -1.88. The van der Waals surface area contributed by atoms with Gasteiger partial charge in [-0.25, -0.2) is 0 Å². The summed E-state index contributed by atoms with van der Waals surface area (Å²) in [6.07, 6.45) is 8.44. The lowest BCUT2D eigenvalue weighted by Gasteiger charge is -2.21. The van der Waals surface area contributed by atoms with Gasteiger partial charge in [0.05, 0.1) is 6.42 Å². The summed E-state index contributed by atoms with van der Waals surface area (Å²) in [7, 11) is 0. The molecule has 0 unspecified atom stereocenters. The quantitative estimate of drug-likeness (QED) is 0.396. The molecule has 6 nitrogen and oxygen atoms in total. The highest BCUT2D eigenvalue weighted by molar-refractivity contribution is 6.05. The van der Waals surface area contributed by atoms with Gasteiger partial charge in [-0.2, -0.15) is 0 Å². The van der Waals surface area contributed by atoms with Crippen LogP contribution in [0.1, 0.15) is 81.5 Å². The van der Waals surface area contributed by atoms with E-state index in [2.05, 4.69) is 6.92 Å². The molecule has 1 aromatic carbocycles. The van der Waals surface area contributed by atoms with Crippen LogP contribution in [-0.2, 0) is 9.59 Å². The molecule has 27 heavy (non-hydrogen) atoms. The molecule has 0 aromatic heterocycles. The van der Waals surface area contributed by atoms with E-state index in [0.29, 0.717) is 17.8 Å². The molecule has 3 N–H and O–H groups in total. The molecule has 0 heterocycles. The SMILES string of the molecule is CCCCCCCCCCN(C(=O)CCC(=O)O)C(=O)c1ccc(N)cc1. The Hall–Kier alpha value is -2.37. The molecule has 0 atom stereocenters. The van der Waals surface area contributed by atoms with Gasteiger partial charge in [0.25, 0.3) is 5.91 Å². The van der Waals surface area contributed by atoms with E-state index < -0.39 is 17.8 Å². The van der Waals surface area contributed by atoms with Gasteiger partial charge in [0.15, 0.2) is 0 Å². The van der Waals surface area contributed by atoms with Crippen LogP contribution < -0.4 is 5.73 Å². The van der Waals surface area contributed by atoms with E-state index in [1.165, 1.54) is 37.0 Å². The predicted molar refractivity (Wildman–Crippen MR) is 106 cm³/mol. The summed E-state index contributed by atoms with van der Waals surface area (Å²) in [5, 5.41) is 8.80. The number of imide groups is 1. The number of anilines is 1. The van der Waals surface area contributed by atoms with Crippen LogP contribution >= 0.6 is 0 Å². The van der Waals surface area contributed by atoms with Crippen molar-refractivity contribution in [3.63, 3.8) is 0 Å². The fourth-order valence-corrected chi connectivity index (χ4v) is 2.87. The number of benzene rings is 1. The number of nitrogen functional groups attached to an aromatic ring is 1. The Kier molecular flexibility index (Phi) is 10.8. The van der Waals surface area contributed by atoms with Gasteiger partial charge in [0.2, 0.25) is 5.91 Å². The van der Waals surface area contributed by atoms with E-state index in [1.807, 2.05) is 0 Å². The van der Waals surface area contributed by atoms with Crippen LogP contribution in [0.4, 0.5) is 5.69 Å². The number of carbonyl (C=O) groups excluding carboxylic acids is 2. The van der Waals surface area contributed by atoms with Gasteiger partial charge >= 0.3 is 5.97 Å². The average Bonchev–Trinajstić information content (AvgIpc) is 2.65. The Morgan fingerprint density at radius 2 is 1.44 bits per heavy atom. The summed E-state index contributed by atoms with van der Waals surface area (Å²) in [6, 6.07) is 6.40. The standard InChI is InChI=1S/C21H32N2O4/c1-2-3-4-5-6-7-8-9-16-23(19(24)14-15-20(25)26)21(27)17-10-12-18(22)13-11-17/h10-13H,2-9,14-16,22H2,1H3,(H,25,26). The van der Waals surface area contributed by atoms with E-state index in [9.17, 15) is 14.4 Å². The average molecular weight is 376 g/mol. The number of carboxylic acid groups (broad SMARTS) is 1. The molecule has 2 amide bonds. The third kappa shape index (κ3) is 9.22. The predicted octanol–water partition coefficient (Wildman–Crippen LogP) is 4.24. The van der Waals surface area contributed by atoms with Gasteiger partial charge in [-0.1, -0.05) is 51.9 Å². The first-order valence-corrected chi connectivity index (χ1v) is 9.87. The van der Waals surface area contributed by atoms with Crippen molar-refractivity contribution in [2.75, 3.05) is 12.3 Å². The van der Waals surface area contributed by atoms with Crippen LogP contribution in [0.3, 0.4) is 0 Å². The van der Waals surface area contributed by atoms with Crippen molar-refractivity contribution in [3.8, 4) is 0 Å². The highest BCUT2D eigenvalue weighted by atomic mass is 16.4. The van der Waals surface area contributed by atoms with E-state index in [4.69, 9.17) is 10.8 Å². The van der Waals surface area contributed by atoms with Gasteiger partial charge in [0.1, 0.15) is 0 Å². The molecule has 0 spiro atoms. The number of hydrogen-bond acceptors (Lipinski definition) is 4. The number of nitrogens with zero attached hydrogens (tertiary/aromatic N) is 1. The summed E-state index contributed by atoms with van der Waals surface area (Å²) < 4.78 is 0. The van der Waals surface area contributed by atoms with Crippen molar-refractivity contribution in [2.24, 2.45) is 0 Å². The molecule has 1 rings (SSSR count). The Bertz CT molecular complexity index is 599. The maximum absolute atomic E-state index is 12.7. The Morgan fingerprint density at radius 3 is 2.00 bits per heavy atom. The molecule has 0 bridgehead atoms. The van der Waals surface area contributed by atoms with E-state index in [0.717, 1.165) is 19.3 Å². The monoisotopic (exact) mass is 376 g/mol. The van der Waals surface area contributed by atoms with Crippen LogP contribution in [0.2, 0.25) is 0 Å². The smallest absolute Gasteiger partial charge is 0.303 e. The lowest BCUT2D eigenvalue weighted by atomic mass is 10.1. The first-order chi connectivity index (χ1) is 13.0. The van der Waals surface area contributed by atoms with Crippen molar-refractivity contribution in [2.45, 2.75) is 71.1 Å². The minimum atomic E-state index is -1.05. The second-order valence-corrected chi connectivity index (χ2v) is 6.84. The van der Waals surface area contributed by atoms with Gasteiger partial charge in [-0.05, 0) is 30.7 Å². The zero-order valence-electron chi connectivity index (χ0n) is 16.3.